The molecule has 5 heteroatoms. The van der Waals surface area contributed by atoms with Gasteiger partial charge in [-0.2, -0.15) is 0 Å². The lowest BCUT2D eigenvalue weighted by atomic mass is 9.75. The van der Waals surface area contributed by atoms with Crippen molar-refractivity contribution in [2.24, 2.45) is 0 Å². The summed E-state index contributed by atoms with van der Waals surface area (Å²) in [5.41, 5.74) is 3.73. The first-order chi connectivity index (χ1) is 12.1. The largest absolute Gasteiger partial charge is 0.497 e. The molecule has 2 aliphatic rings. The van der Waals surface area contributed by atoms with E-state index in [9.17, 15) is 9.59 Å². The van der Waals surface area contributed by atoms with Gasteiger partial charge in [0.1, 0.15) is 5.75 Å². The van der Waals surface area contributed by atoms with Crippen molar-refractivity contribution in [3.8, 4) is 5.75 Å². The maximum absolute atomic E-state index is 12.7. The Labute approximate surface area is 147 Å². The molecular weight excluding hydrogens is 318 g/mol. The van der Waals surface area contributed by atoms with E-state index in [2.05, 4.69) is 5.32 Å². The predicted molar refractivity (Wildman–Crippen MR) is 94.1 cm³/mol. The van der Waals surface area contributed by atoms with E-state index in [1.807, 2.05) is 31.2 Å². The van der Waals surface area contributed by atoms with Crippen LogP contribution >= 0.6 is 0 Å². The van der Waals surface area contributed by atoms with Gasteiger partial charge >= 0.3 is 5.97 Å². The molecule has 0 spiro atoms. The number of benzene rings is 1. The maximum Gasteiger partial charge on any atom is 0.336 e. The SMILES string of the molecule is CCOC(=O)C1=C(C)NC2=C(C(=O)CCC2)C1c1cccc(OC)c1. The molecule has 0 bridgehead atoms. The molecule has 1 aliphatic carbocycles. The van der Waals surface area contributed by atoms with Crippen molar-refractivity contribution < 1.29 is 19.1 Å². The zero-order valence-corrected chi connectivity index (χ0v) is 14.8. The van der Waals surface area contributed by atoms with Crippen LogP contribution in [0.1, 0.15) is 44.6 Å². The molecule has 0 aromatic heterocycles. The number of carbonyl (C=O) groups is 2. The van der Waals surface area contributed by atoms with Crippen molar-refractivity contribution in [3.63, 3.8) is 0 Å². The van der Waals surface area contributed by atoms with E-state index in [-0.39, 0.29) is 11.8 Å². The highest BCUT2D eigenvalue weighted by atomic mass is 16.5. The van der Waals surface area contributed by atoms with Crippen molar-refractivity contribution in [2.75, 3.05) is 13.7 Å². The smallest absolute Gasteiger partial charge is 0.336 e. The van der Waals surface area contributed by atoms with Gasteiger partial charge < -0.3 is 14.8 Å². The van der Waals surface area contributed by atoms with Crippen LogP contribution in [0.3, 0.4) is 0 Å². The molecule has 25 heavy (non-hydrogen) atoms. The third kappa shape index (κ3) is 3.18. The van der Waals surface area contributed by atoms with E-state index >= 15 is 0 Å². The van der Waals surface area contributed by atoms with Gasteiger partial charge in [-0.05, 0) is 44.4 Å². The van der Waals surface area contributed by atoms with Gasteiger partial charge in [0.25, 0.3) is 0 Å². The minimum absolute atomic E-state index is 0.0934. The summed E-state index contributed by atoms with van der Waals surface area (Å²) in [4.78, 5) is 25.3. The second kappa shape index (κ2) is 7.13. The summed E-state index contributed by atoms with van der Waals surface area (Å²) in [5.74, 6) is -0.0124. The topological polar surface area (TPSA) is 64.6 Å². The summed E-state index contributed by atoms with van der Waals surface area (Å²) in [5, 5.41) is 3.27. The highest BCUT2D eigenvalue weighted by Gasteiger charge is 2.39. The van der Waals surface area contributed by atoms with Crippen LogP contribution in [-0.4, -0.2) is 25.5 Å². The fourth-order valence-electron chi connectivity index (χ4n) is 3.62. The Morgan fingerprint density at radius 3 is 2.84 bits per heavy atom. The molecule has 1 aliphatic heterocycles. The molecule has 132 valence electrons. The summed E-state index contributed by atoms with van der Waals surface area (Å²) >= 11 is 0. The number of esters is 1. The average molecular weight is 341 g/mol. The molecule has 1 atom stereocenters. The van der Waals surface area contributed by atoms with Gasteiger partial charge in [-0.15, -0.1) is 0 Å². The third-order valence-electron chi connectivity index (χ3n) is 4.70. The number of allylic oxidation sites excluding steroid dienone is 3. The van der Waals surface area contributed by atoms with Gasteiger partial charge in [0, 0.05) is 29.3 Å². The number of methoxy groups -OCH3 is 1. The highest BCUT2D eigenvalue weighted by Crippen LogP contribution is 2.43. The first-order valence-electron chi connectivity index (χ1n) is 8.62. The number of carbonyl (C=O) groups excluding carboxylic acids is 2. The van der Waals surface area contributed by atoms with Gasteiger partial charge in [-0.25, -0.2) is 4.79 Å². The van der Waals surface area contributed by atoms with Crippen LogP contribution in [0.4, 0.5) is 0 Å². The molecule has 0 amide bonds. The predicted octanol–water partition coefficient (Wildman–Crippen LogP) is 3.23. The second-order valence-electron chi connectivity index (χ2n) is 6.26. The molecule has 0 radical (unpaired) electrons. The van der Waals surface area contributed by atoms with Crippen LogP contribution in [0.5, 0.6) is 5.75 Å². The van der Waals surface area contributed by atoms with Crippen molar-refractivity contribution in [2.45, 2.75) is 39.0 Å². The van der Waals surface area contributed by atoms with Crippen LogP contribution in [0.25, 0.3) is 0 Å². The minimum Gasteiger partial charge on any atom is -0.497 e. The van der Waals surface area contributed by atoms with Crippen LogP contribution < -0.4 is 10.1 Å². The molecule has 0 fully saturated rings. The summed E-state index contributed by atoms with van der Waals surface area (Å²) in [6.45, 7) is 3.93. The fraction of sp³-hybridized carbons (Fsp3) is 0.400. The molecular formula is C20H23NO4. The fourth-order valence-corrected chi connectivity index (χ4v) is 3.62. The number of hydrogen-bond acceptors (Lipinski definition) is 5. The van der Waals surface area contributed by atoms with Crippen molar-refractivity contribution in [3.05, 3.63) is 52.4 Å². The van der Waals surface area contributed by atoms with Crippen LogP contribution in [0, 0.1) is 0 Å². The molecule has 0 saturated carbocycles. The van der Waals surface area contributed by atoms with Crippen LogP contribution in [0.15, 0.2) is 46.8 Å². The number of dihydropyridines is 1. The van der Waals surface area contributed by atoms with Gasteiger partial charge in [0.15, 0.2) is 5.78 Å². The number of ketones is 1. The quantitative estimate of drug-likeness (QED) is 0.852. The average Bonchev–Trinajstić information content (AvgIpc) is 2.61. The first-order valence-corrected chi connectivity index (χ1v) is 8.62. The number of ether oxygens (including phenoxy) is 2. The van der Waals surface area contributed by atoms with Gasteiger partial charge in [-0.3, -0.25) is 4.79 Å². The zero-order valence-electron chi connectivity index (χ0n) is 14.8. The summed E-state index contributed by atoms with van der Waals surface area (Å²) in [6.07, 6.45) is 2.16. The van der Waals surface area contributed by atoms with E-state index in [1.54, 1.807) is 14.0 Å². The Balaban J connectivity index is 2.16. The molecule has 5 nitrogen and oxygen atoms in total. The number of Topliss-reactive ketones (excluding diaryl/α,β-unsaturated/α-hetero) is 1. The van der Waals surface area contributed by atoms with E-state index in [0.717, 1.165) is 29.8 Å². The Kier molecular flexibility index (Phi) is 4.93. The van der Waals surface area contributed by atoms with E-state index in [4.69, 9.17) is 9.47 Å². The van der Waals surface area contributed by atoms with Crippen molar-refractivity contribution in [1.29, 1.82) is 0 Å². The molecule has 1 N–H and O–H groups in total. The van der Waals surface area contributed by atoms with Crippen molar-refractivity contribution in [1.82, 2.24) is 5.32 Å². The van der Waals surface area contributed by atoms with E-state index < -0.39 is 5.92 Å². The maximum atomic E-state index is 12.7. The second-order valence-corrected chi connectivity index (χ2v) is 6.26. The summed E-state index contributed by atoms with van der Waals surface area (Å²) in [7, 11) is 1.60. The van der Waals surface area contributed by atoms with E-state index in [1.165, 1.54) is 0 Å². The lowest BCUT2D eigenvalue weighted by Gasteiger charge is -2.34. The van der Waals surface area contributed by atoms with E-state index in [0.29, 0.717) is 29.9 Å². The molecule has 1 aromatic rings. The highest BCUT2D eigenvalue weighted by molar-refractivity contribution is 6.03. The number of hydrogen-bond donors (Lipinski definition) is 1. The molecule has 1 aromatic carbocycles. The summed E-state index contributed by atoms with van der Waals surface area (Å²) in [6, 6.07) is 7.54. The Morgan fingerprint density at radius 1 is 1.32 bits per heavy atom. The molecule has 3 rings (SSSR count). The van der Waals surface area contributed by atoms with Gasteiger partial charge in [0.2, 0.25) is 0 Å². The summed E-state index contributed by atoms with van der Waals surface area (Å²) < 4.78 is 10.6. The standard InChI is InChI=1S/C20H23NO4/c1-4-25-20(23)17-12(2)21-15-9-6-10-16(22)19(15)18(17)13-7-5-8-14(11-13)24-3/h5,7-8,11,18,21H,4,6,9-10H2,1-3H3. The first kappa shape index (κ1) is 17.3. The normalized spacial score (nSPS) is 20.1. The minimum atomic E-state index is -0.418. The van der Waals surface area contributed by atoms with Crippen molar-refractivity contribution >= 4 is 11.8 Å². The molecule has 0 saturated heterocycles. The van der Waals surface area contributed by atoms with Crippen LogP contribution in [0.2, 0.25) is 0 Å². The number of nitrogens with one attached hydrogen (secondary N) is 1. The van der Waals surface area contributed by atoms with Gasteiger partial charge in [-0.1, -0.05) is 12.1 Å². The Morgan fingerprint density at radius 2 is 2.12 bits per heavy atom. The molecule has 1 unspecified atom stereocenters. The number of rotatable bonds is 4. The lowest BCUT2D eigenvalue weighted by Crippen LogP contribution is -2.34. The Bertz CT molecular complexity index is 776. The Hall–Kier alpha value is -2.56. The monoisotopic (exact) mass is 341 g/mol. The van der Waals surface area contributed by atoms with Gasteiger partial charge in [0.05, 0.1) is 19.3 Å². The third-order valence-corrected chi connectivity index (χ3v) is 4.70. The zero-order chi connectivity index (χ0) is 18.0. The lowest BCUT2D eigenvalue weighted by molar-refractivity contribution is -0.138. The molecule has 1 heterocycles. The van der Waals surface area contributed by atoms with Crippen LogP contribution in [-0.2, 0) is 14.3 Å².